The normalized spacial score (nSPS) is 16.5. The molecule has 0 saturated carbocycles. The highest BCUT2D eigenvalue weighted by atomic mass is 16.1. The molecule has 0 radical (unpaired) electrons. The van der Waals surface area contributed by atoms with Crippen LogP contribution in [0.25, 0.3) is 0 Å². The molecule has 3 rings (SSSR count). The molecule has 0 aliphatic carbocycles. The smallest absolute Gasteiger partial charge is 0.223 e. The fourth-order valence-electron chi connectivity index (χ4n) is 3.28. The molecule has 1 atom stereocenters. The zero-order chi connectivity index (χ0) is 17.6. The minimum absolute atomic E-state index is 0.0384. The Bertz CT molecular complexity index is 679. The molecule has 1 aromatic carbocycles. The molecule has 1 aliphatic rings. The Morgan fingerprint density at radius 1 is 1.24 bits per heavy atom. The molecular weight excluding hydrogens is 312 g/mol. The number of aromatic nitrogens is 2. The summed E-state index contributed by atoms with van der Waals surface area (Å²) in [5, 5.41) is 3.17. The van der Waals surface area contributed by atoms with Gasteiger partial charge in [-0.3, -0.25) is 9.78 Å². The molecule has 1 unspecified atom stereocenters. The lowest BCUT2D eigenvalue weighted by Crippen LogP contribution is -2.41. The van der Waals surface area contributed by atoms with Gasteiger partial charge < -0.3 is 10.2 Å². The molecule has 1 amide bonds. The zero-order valence-corrected chi connectivity index (χ0v) is 15.0. The highest BCUT2D eigenvalue weighted by Gasteiger charge is 2.26. The average Bonchev–Trinajstić information content (AvgIpc) is 2.68. The lowest BCUT2D eigenvalue weighted by atomic mass is 9.95. The Labute approximate surface area is 149 Å². The molecule has 0 bridgehead atoms. The SMILES string of the molecule is CCc1ccc(C(C)NC(=O)C2CCN(c3cnccn3)CC2)cc1. The fourth-order valence-corrected chi connectivity index (χ4v) is 3.28. The topological polar surface area (TPSA) is 58.1 Å². The Morgan fingerprint density at radius 3 is 2.56 bits per heavy atom. The van der Waals surface area contributed by atoms with Gasteiger partial charge in [0, 0.05) is 31.4 Å². The van der Waals surface area contributed by atoms with Gasteiger partial charge in [0.15, 0.2) is 0 Å². The van der Waals surface area contributed by atoms with Gasteiger partial charge in [0.1, 0.15) is 5.82 Å². The largest absolute Gasteiger partial charge is 0.355 e. The summed E-state index contributed by atoms with van der Waals surface area (Å²) in [5.41, 5.74) is 2.47. The molecule has 1 saturated heterocycles. The fraction of sp³-hybridized carbons (Fsp3) is 0.450. The van der Waals surface area contributed by atoms with E-state index in [-0.39, 0.29) is 17.9 Å². The van der Waals surface area contributed by atoms with Crippen LogP contribution in [0.1, 0.15) is 43.9 Å². The number of aryl methyl sites for hydroxylation is 1. The van der Waals surface area contributed by atoms with E-state index in [2.05, 4.69) is 51.4 Å². The number of hydrogen-bond donors (Lipinski definition) is 1. The van der Waals surface area contributed by atoms with Crippen molar-refractivity contribution >= 4 is 11.7 Å². The molecular formula is C20H26N4O. The molecule has 2 aromatic rings. The summed E-state index contributed by atoms with van der Waals surface area (Å²) < 4.78 is 0. The van der Waals surface area contributed by atoms with Crippen molar-refractivity contribution in [1.29, 1.82) is 0 Å². The number of nitrogens with zero attached hydrogens (tertiary/aromatic N) is 3. The van der Waals surface area contributed by atoms with Gasteiger partial charge in [-0.25, -0.2) is 4.98 Å². The standard InChI is InChI=1S/C20H26N4O/c1-3-16-4-6-17(7-5-16)15(2)23-20(25)18-8-12-24(13-9-18)19-14-21-10-11-22-19/h4-7,10-11,14-15,18H,3,8-9,12-13H2,1-2H3,(H,23,25). The van der Waals surface area contributed by atoms with Crippen molar-refractivity contribution < 1.29 is 4.79 Å². The summed E-state index contributed by atoms with van der Waals surface area (Å²) in [4.78, 5) is 23.2. The van der Waals surface area contributed by atoms with E-state index < -0.39 is 0 Å². The Morgan fingerprint density at radius 2 is 1.96 bits per heavy atom. The number of anilines is 1. The van der Waals surface area contributed by atoms with Crippen molar-refractivity contribution in [2.24, 2.45) is 5.92 Å². The first-order chi connectivity index (χ1) is 12.2. The van der Waals surface area contributed by atoms with Gasteiger partial charge >= 0.3 is 0 Å². The number of piperidine rings is 1. The van der Waals surface area contributed by atoms with Crippen LogP contribution in [0.4, 0.5) is 5.82 Å². The molecule has 5 heteroatoms. The number of benzene rings is 1. The van der Waals surface area contributed by atoms with Gasteiger partial charge in [-0.15, -0.1) is 0 Å². The lowest BCUT2D eigenvalue weighted by Gasteiger charge is -2.32. The van der Waals surface area contributed by atoms with Crippen molar-refractivity contribution in [2.45, 2.75) is 39.2 Å². The van der Waals surface area contributed by atoms with Crippen LogP contribution in [0.2, 0.25) is 0 Å². The quantitative estimate of drug-likeness (QED) is 0.910. The van der Waals surface area contributed by atoms with Gasteiger partial charge in [0.2, 0.25) is 5.91 Å². The molecule has 2 heterocycles. The number of carbonyl (C=O) groups excluding carboxylic acids is 1. The highest BCUT2D eigenvalue weighted by molar-refractivity contribution is 5.79. The molecule has 0 spiro atoms. The van der Waals surface area contributed by atoms with Crippen LogP contribution < -0.4 is 10.2 Å². The van der Waals surface area contributed by atoms with Crippen LogP contribution in [0.5, 0.6) is 0 Å². The predicted molar refractivity (Wildman–Crippen MR) is 99.3 cm³/mol. The maximum absolute atomic E-state index is 12.6. The third-order valence-electron chi connectivity index (χ3n) is 4.99. The van der Waals surface area contributed by atoms with Gasteiger partial charge in [0.05, 0.1) is 12.2 Å². The number of hydrogen-bond acceptors (Lipinski definition) is 4. The summed E-state index contributed by atoms with van der Waals surface area (Å²) in [6, 6.07) is 8.53. The molecule has 1 aliphatic heterocycles. The first kappa shape index (κ1) is 17.4. The van der Waals surface area contributed by atoms with Crippen molar-refractivity contribution in [3.8, 4) is 0 Å². The predicted octanol–water partition coefficient (Wildman–Crippen LogP) is 3.13. The van der Waals surface area contributed by atoms with E-state index >= 15 is 0 Å². The number of rotatable bonds is 5. The van der Waals surface area contributed by atoms with Gasteiger partial charge in [-0.1, -0.05) is 31.2 Å². The molecule has 25 heavy (non-hydrogen) atoms. The zero-order valence-electron chi connectivity index (χ0n) is 15.0. The van der Waals surface area contributed by atoms with E-state index in [9.17, 15) is 4.79 Å². The second kappa shape index (κ2) is 8.10. The molecule has 5 nitrogen and oxygen atoms in total. The lowest BCUT2D eigenvalue weighted by molar-refractivity contribution is -0.126. The van der Waals surface area contributed by atoms with Crippen LogP contribution >= 0.6 is 0 Å². The molecule has 1 N–H and O–H groups in total. The van der Waals surface area contributed by atoms with E-state index in [0.29, 0.717) is 0 Å². The first-order valence-electron chi connectivity index (χ1n) is 9.07. The molecule has 1 aromatic heterocycles. The minimum Gasteiger partial charge on any atom is -0.355 e. The van der Waals surface area contributed by atoms with Crippen LogP contribution in [0, 0.1) is 5.92 Å². The van der Waals surface area contributed by atoms with E-state index in [4.69, 9.17) is 0 Å². The Hall–Kier alpha value is -2.43. The van der Waals surface area contributed by atoms with Crippen LogP contribution in [-0.2, 0) is 11.2 Å². The van der Waals surface area contributed by atoms with Crippen LogP contribution in [0.3, 0.4) is 0 Å². The second-order valence-corrected chi connectivity index (χ2v) is 6.65. The van der Waals surface area contributed by atoms with Crippen LogP contribution in [-0.4, -0.2) is 29.0 Å². The number of amides is 1. The summed E-state index contributed by atoms with van der Waals surface area (Å²) in [6.45, 7) is 5.88. The average molecular weight is 338 g/mol. The monoisotopic (exact) mass is 338 g/mol. The summed E-state index contributed by atoms with van der Waals surface area (Å²) in [5.74, 6) is 1.13. The number of carbonyl (C=O) groups is 1. The van der Waals surface area contributed by atoms with Crippen molar-refractivity contribution in [3.05, 3.63) is 54.0 Å². The van der Waals surface area contributed by atoms with Crippen LogP contribution in [0.15, 0.2) is 42.9 Å². The Balaban J connectivity index is 1.52. The first-order valence-corrected chi connectivity index (χ1v) is 9.07. The number of nitrogens with one attached hydrogen (secondary N) is 1. The molecule has 132 valence electrons. The summed E-state index contributed by atoms with van der Waals surface area (Å²) >= 11 is 0. The minimum atomic E-state index is 0.0384. The van der Waals surface area contributed by atoms with Crippen molar-refractivity contribution in [1.82, 2.24) is 15.3 Å². The van der Waals surface area contributed by atoms with E-state index in [1.807, 2.05) is 6.92 Å². The third kappa shape index (κ3) is 4.35. The third-order valence-corrected chi connectivity index (χ3v) is 4.99. The van der Waals surface area contributed by atoms with Crippen molar-refractivity contribution in [3.63, 3.8) is 0 Å². The highest BCUT2D eigenvalue weighted by Crippen LogP contribution is 2.22. The van der Waals surface area contributed by atoms with Gasteiger partial charge in [-0.05, 0) is 37.3 Å². The molecule has 1 fully saturated rings. The summed E-state index contributed by atoms with van der Waals surface area (Å²) in [6.07, 6.45) is 7.90. The van der Waals surface area contributed by atoms with Gasteiger partial charge in [-0.2, -0.15) is 0 Å². The maximum Gasteiger partial charge on any atom is 0.223 e. The van der Waals surface area contributed by atoms with Gasteiger partial charge in [0.25, 0.3) is 0 Å². The second-order valence-electron chi connectivity index (χ2n) is 6.65. The summed E-state index contributed by atoms with van der Waals surface area (Å²) in [7, 11) is 0. The Kier molecular flexibility index (Phi) is 5.64. The van der Waals surface area contributed by atoms with Crippen molar-refractivity contribution in [2.75, 3.05) is 18.0 Å². The maximum atomic E-state index is 12.6. The van der Waals surface area contributed by atoms with E-state index in [1.54, 1.807) is 18.6 Å². The van der Waals surface area contributed by atoms with E-state index in [0.717, 1.165) is 43.7 Å². The van der Waals surface area contributed by atoms with E-state index in [1.165, 1.54) is 5.56 Å².